The van der Waals surface area contributed by atoms with Crippen molar-refractivity contribution in [1.82, 2.24) is 0 Å². The molecule has 0 aromatic heterocycles. The monoisotopic (exact) mass is 344 g/mol. The second-order valence-electron chi connectivity index (χ2n) is 10.5. The van der Waals surface area contributed by atoms with Gasteiger partial charge in [-0.1, -0.05) is 19.8 Å². The largest absolute Gasteiger partial charge is 0.390 e. The second-order valence-corrected chi connectivity index (χ2v) is 10.5. The molecule has 8 atom stereocenters. The smallest absolute Gasteiger partial charge is 0.107 e. The van der Waals surface area contributed by atoms with Gasteiger partial charge in [-0.3, -0.25) is 0 Å². The zero-order valence-corrected chi connectivity index (χ0v) is 16.4. The van der Waals surface area contributed by atoms with E-state index in [0.29, 0.717) is 23.5 Å². The molecule has 0 amide bonds. The van der Waals surface area contributed by atoms with E-state index in [2.05, 4.69) is 26.7 Å². The number of aliphatic hydroxyl groups is 1. The summed E-state index contributed by atoms with van der Waals surface area (Å²) in [5.41, 5.74) is 0.354. The Hall–Kier alpha value is -0.520. The molecule has 4 aliphatic rings. The van der Waals surface area contributed by atoms with Gasteiger partial charge in [0.2, 0.25) is 0 Å². The highest BCUT2D eigenvalue weighted by Gasteiger charge is 2.61. The van der Waals surface area contributed by atoms with Crippen LogP contribution in [0.4, 0.5) is 0 Å². The Labute approximate surface area is 154 Å². The first kappa shape index (κ1) is 17.9. The van der Waals surface area contributed by atoms with Gasteiger partial charge in [0.25, 0.3) is 0 Å². The van der Waals surface area contributed by atoms with Crippen LogP contribution in [0.1, 0.15) is 78.6 Å². The summed E-state index contributed by atoms with van der Waals surface area (Å²) in [7, 11) is 0. The average Bonchev–Trinajstić information content (AvgIpc) is 2.90. The molecule has 0 unspecified atom stereocenters. The Morgan fingerprint density at radius 3 is 2.48 bits per heavy atom. The zero-order valence-electron chi connectivity index (χ0n) is 16.4. The summed E-state index contributed by atoms with van der Waals surface area (Å²) >= 11 is 0. The molecule has 4 rings (SSSR count). The van der Waals surface area contributed by atoms with Crippen LogP contribution >= 0.6 is 0 Å². The number of hydrogen-bond acceptors (Lipinski definition) is 2. The maximum absolute atomic E-state index is 10.6. The first-order valence-electron chi connectivity index (χ1n) is 10.6. The van der Waals surface area contributed by atoms with Crippen LogP contribution < -0.4 is 0 Å². The van der Waals surface area contributed by atoms with E-state index in [9.17, 15) is 5.11 Å². The van der Waals surface area contributed by atoms with E-state index in [4.69, 9.17) is 11.2 Å². The van der Waals surface area contributed by atoms with Gasteiger partial charge in [0.1, 0.15) is 6.61 Å². The number of fused-ring (bicyclic) bond motifs is 5. The van der Waals surface area contributed by atoms with Crippen LogP contribution in [-0.4, -0.2) is 23.4 Å². The van der Waals surface area contributed by atoms with Gasteiger partial charge in [-0.25, -0.2) is 0 Å². The van der Waals surface area contributed by atoms with Crippen molar-refractivity contribution in [2.75, 3.05) is 6.61 Å². The molecule has 0 aromatic carbocycles. The van der Waals surface area contributed by atoms with E-state index in [1.54, 1.807) is 0 Å². The van der Waals surface area contributed by atoms with E-state index in [-0.39, 0.29) is 0 Å². The zero-order chi connectivity index (χ0) is 17.9. The summed E-state index contributed by atoms with van der Waals surface area (Å²) in [5, 5.41) is 10.6. The van der Waals surface area contributed by atoms with Gasteiger partial charge in [-0.2, -0.15) is 0 Å². The first-order chi connectivity index (χ1) is 11.8. The van der Waals surface area contributed by atoms with Gasteiger partial charge < -0.3 is 9.84 Å². The minimum Gasteiger partial charge on any atom is -0.390 e. The Balaban J connectivity index is 1.55. The highest BCUT2D eigenvalue weighted by Crippen LogP contribution is 2.67. The number of ether oxygens (including phenoxy) is 1. The number of rotatable bonds is 2. The molecule has 25 heavy (non-hydrogen) atoms. The van der Waals surface area contributed by atoms with E-state index in [0.717, 1.165) is 36.5 Å². The molecule has 0 aliphatic heterocycles. The van der Waals surface area contributed by atoms with E-state index < -0.39 is 5.60 Å². The van der Waals surface area contributed by atoms with Gasteiger partial charge in [0.15, 0.2) is 0 Å². The van der Waals surface area contributed by atoms with E-state index in [1.165, 1.54) is 44.9 Å². The third-order valence-electron chi connectivity index (χ3n) is 9.23. The lowest BCUT2D eigenvalue weighted by Gasteiger charge is -2.61. The molecule has 140 valence electrons. The van der Waals surface area contributed by atoms with Crippen molar-refractivity contribution < 1.29 is 9.84 Å². The normalized spacial score (nSPS) is 54.9. The second kappa shape index (κ2) is 6.00. The fourth-order valence-electron chi connectivity index (χ4n) is 7.81. The Morgan fingerprint density at radius 2 is 1.72 bits per heavy atom. The highest BCUT2D eigenvalue weighted by atomic mass is 16.5. The highest BCUT2D eigenvalue weighted by molar-refractivity contribution is 5.10. The molecule has 2 nitrogen and oxygen atoms in total. The maximum atomic E-state index is 10.6. The third kappa shape index (κ3) is 2.69. The van der Waals surface area contributed by atoms with Crippen molar-refractivity contribution in [3.63, 3.8) is 0 Å². The minimum atomic E-state index is -0.429. The van der Waals surface area contributed by atoms with Gasteiger partial charge in [-0.15, -0.1) is 6.42 Å². The molecule has 0 aromatic rings. The summed E-state index contributed by atoms with van der Waals surface area (Å²) in [6.45, 7) is 7.58. The SMILES string of the molecule is C#CCO[C@H]1CC[C@H]2[C@@H]3CC[C@H]4C[C@](C)(O)CC[C@]4(C)[C@H]3CC[C@]12C. The number of hydrogen-bond donors (Lipinski definition) is 1. The molecule has 0 saturated heterocycles. The van der Waals surface area contributed by atoms with Crippen LogP contribution in [0.5, 0.6) is 0 Å². The molecule has 0 spiro atoms. The minimum absolute atomic E-state index is 0.335. The van der Waals surface area contributed by atoms with E-state index >= 15 is 0 Å². The topological polar surface area (TPSA) is 29.5 Å². The summed E-state index contributed by atoms with van der Waals surface area (Å²) in [6, 6.07) is 0. The van der Waals surface area contributed by atoms with Crippen LogP contribution in [-0.2, 0) is 4.74 Å². The molecule has 2 heteroatoms. The molecular weight excluding hydrogens is 308 g/mol. The van der Waals surface area contributed by atoms with Crippen LogP contribution in [0.3, 0.4) is 0 Å². The standard InChI is InChI=1S/C23H36O2/c1-5-14-25-20-9-8-18-17-7-6-16-15-21(2,24)12-13-22(16,3)19(17)10-11-23(18,20)4/h1,16-20,24H,6-15H2,2-4H3/t16-,17-,18-,19-,20-,21+,22-,23-/m0/s1. The Kier molecular flexibility index (Phi) is 4.29. The van der Waals surface area contributed by atoms with Crippen LogP contribution in [0.25, 0.3) is 0 Å². The van der Waals surface area contributed by atoms with E-state index in [1.807, 2.05) is 0 Å². The Bertz CT molecular complexity index is 561. The molecule has 1 N–H and O–H groups in total. The van der Waals surface area contributed by atoms with Gasteiger partial charge in [-0.05, 0) is 99.2 Å². The molecule has 0 bridgehead atoms. The van der Waals surface area contributed by atoms with Crippen molar-refractivity contribution >= 4 is 0 Å². The lowest BCUT2D eigenvalue weighted by atomic mass is 9.44. The lowest BCUT2D eigenvalue weighted by Crippen LogP contribution is -2.56. The maximum Gasteiger partial charge on any atom is 0.107 e. The van der Waals surface area contributed by atoms with Gasteiger partial charge >= 0.3 is 0 Å². The van der Waals surface area contributed by atoms with Crippen molar-refractivity contribution in [3.8, 4) is 12.3 Å². The average molecular weight is 345 g/mol. The van der Waals surface area contributed by atoms with Crippen molar-refractivity contribution in [2.24, 2.45) is 34.5 Å². The van der Waals surface area contributed by atoms with Crippen LogP contribution in [0.15, 0.2) is 0 Å². The predicted molar refractivity (Wildman–Crippen MR) is 101 cm³/mol. The lowest BCUT2D eigenvalue weighted by molar-refractivity contribution is -0.154. The van der Waals surface area contributed by atoms with Crippen molar-refractivity contribution in [2.45, 2.75) is 90.3 Å². The molecule has 0 heterocycles. The predicted octanol–water partition coefficient (Wildman–Crippen LogP) is 4.80. The summed E-state index contributed by atoms with van der Waals surface area (Å²) in [4.78, 5) is 0. The summed E-state index contributed by atoms with van der Waals surface area (Å²) < 4.78 is 6.09. The molecule has 0 radical (unpaired) electrons. The molecule has 4 aliphatic carbocycles. The van der Waals surface area contributed by atoms with Crippen LogP contribution in [0.2, 0.25) is 0 Å². The van der Waals surface area contributed by atoms with Crippen molar-refractivity contribution in [3.05, 3.63) is 0 Å². The van der Waals surface area contributed by atoms with Crippen LogP contribution in [0, 0.1) is 46.8 Å². The molecule has 4 saturated carbocycles. The fraction of sp³-hybridized carbons (Fsp3) is 0.913. The van der Waals surface area contributed by atoms with Gasteiger partial charge in [0, 0.05) is 0 Å². The van der Waals surface area contributed by atoms with Crippen molar-refractivity contribution in [1.29, 1.82) is 0 Å². The quantitative estimate of drug-likeness (QED) is 0.729. The van der Waals surface area contributed by atoms with Gasteiger partial charge in [0.05, 0.1) is 11.7 Å². The molecule has 4 fully saturated rings. The number of terminal acetylenes is 1. The third-order valence-corrected chi connectivity index (χ3v) is 9.23. The fourth-order valence-corrected chi connectivity index (χ4v) is 7.81. The Morgan fingerprint density at radius 1 is 0.960 bits per heavy atom. The summed E-state index contributed by atoms with van der Waals surface area (Å²) in [6.07, 6.45) is 16.9. The first-order valence-corrected chi connectivity index (χ1v) is 10.6. The molecular formula is C23H36O2. The summed E-state index contributed by atoms with van der Waals surface area (Å²) in [5.74, 6) is 5.92.